The van der Waals surface area contributed by atoms with Crippen LogP contribution in [0.15, 0.2) is 164 Å². The molecule has 0 N–H and O–H groups in total. The lowest BCUT2D eigenvalue weighted by atomic mass is 10.0. The number of fused-ring (bicyclic) bond motifs is 3. The highest BCUT2D eigenvalue weighted by atomic mass is 16.5. The number of benzene rings is 5. The molecular weight excluding hydrogens is 538 g/mol. The summed E-state index contributed by atoms with van der Waals surface area (Å²) in [4.78, 5) is 9.68. The number of nitrogens with zero attached hydrogens (tertiary/aromatic N) is 3. The van der Waals surface area contributed by atoms with Crippen LogP contribution in [0.3, 0.4) is 0 Å². The summed E-state index contributed by atoms with van der Waals surface area (Å²) < 4.78 is 8.38. The van der Waals surface area contributed by atoms with Crippen LogP contribution >= 0.6 is 0 Å². The molecule has 8 rings (SSSR count). The van der Waals surface area contributed by atoms with E-state index in [2.05, 4.69) is 125 Å². The molecule has 0 bridgehead atoms. The minimum Gasteiger partial charge on any atom is -0.439 e. The molecule has 0 saturated heterocycles. The van der Waals surface area contributed by atoms with E-state index in [4.69, 9.17) is 9.72 Å². The van der Waals surface area contributed by atoms with Gasteiger partial charge in [-0.25, -0.2) is 9.97 Å². The Kier molecular flexibility index (Phi) is 6.43. The van der Waals surface area contributed by atoms with Crippen LogP contribution in [0.5, 0.6) is 11.6 Å². The number of hydrogen-bond donors (Lipinski definition) is 0. The monoisotopic (exact) mass is 565 g/mol. The Balaban J connectivity index is 1.35. The summed E-state index contributed by atoms with van der Waals surface area (Å²) in [5.74, 6) is 2.21. The molecule has 3 aromatic heterocycles. The fourth-order valence-corrected chi connectivity index (χ4v) is 5.88. The van der Waals surface area contributed by atoms with E-state index < -0.39 is 0 Å². The van der Waals surface area contributed by atoms with Gasteiger partial charge in [-0.05, 0) is 59.2 Å². The van der Waals surface area contributed by atoms with E-state index in [0.29, 0.717) is 5.88 Å². The first-order valence-corrected chi connectivity index (χ1v) is 14.7. The van der Waals surface area contributed by atoms with Gasteiger partial charge in [0.1, 0.15) is 11.6 Å². The van der Waals surface area contributed by atoms with E-state index in [1.807, 2.05) is 42.5 Å². The van der Waals surface area contributed by atoms with Crippen LogP contribution in [0, 0.1) is 0 Å². The molecule has 3 heterocycles. The molecule has 0 radical (unpaired) electrons. The number of hydrogen-bond acceptors (Lipinski definition) is 3. The third kappa shape index (κ3) is 4.69. The minimum atomic E-state index is 0.568. The number of para-hydroxylation sites is 1. The van der Waals surface area contributed by atoms with Gasteiger partial charge in [0.2, 0.25) is 5.88 Å². The predicted molar refractivity (Wildman–Crippen MR) is 179 cm³/mol. The van der Waals surface area contributed by atoms with Crippen molar-refractivity contribution < 1.29 is 4.74 Å². The fraction of sp³-hybridized carbons (Fsp3) is 0. The van der Waals surface area contributed by atoms with E-state index in [-0.39, 0.29) is 0 Å². The summed E-state index contributed by atoms with van der Waals surface area (Å²) in [6, 6.07) is 54.2. The van der Waals surface area contributed by atoms with E-state index >= 15 is 0 Å². The molecule has 0 unspecified atom stereocenters. The maximum Gasteiger partial charge on any atom is 0.219 e. The van der Waals surface area contributed by atoms with Crippen molar-refractivity contribution in [3.05, 3.63) is 164 Å². The third-order valence-corrected chi connectivity index (χ3v) is 7.94. The minimum absolute atomic E-state index is 0.568. The molecule has 0 saturated carbocycles. The Morgan fingerprint density at radius 2 is 1.18 bits per heavy atom. The molecule has 208 valence electrons. The lowest BCUT2D eigenvalue weighted by molar-refractivity contribution is 0.463. The van der Waals surface area contributed by atoms with Crippen molar-refractivity contribution in [3.63, 3.8) is 0 Å². The molecule has 4 heteroatoms. The van der Waals surface area contributed by atoms with Gasteiger partial charge in [-0.3, -0.25) is 4.57 Å². The van der Waals surface area contributed by atoms with Gasteiger partial charge in [0.05, 0.1) is 16.7 Å². The van der Waals surface area contributed by atoms with Gasteiger partial charge < -0.3 is 4.74 Å². The molecule has 0 aliphatic carbocycles. The Bertz CT molecular complexity index is 2240. The van der Waals surface area contributed by atoms with Gasteiger partial charge in [0, 0.05) is 34.2 Å². The fourth-order valence-electron chi connectivity index (χ4n) is 5.88. The number of ether oxygens (including phenoxy) is 1. The quantitative estimate of drug-likeness (QED) is 0.201. The first-order chi connectivity index (χ1) is 21.8. The van der Waals surface area contributed by atoms with Gasteiger partial charge in [0.15, 0.2) is 0 Å². The van der Waals surface area contributed by atoms with Crippen molar-refractivity contribution in [1.82, 2.24) is 14.5 Å². The van der Waals surface area contributed by atoms with Crippen molar-refractivity contribution in [2.45, 2.75) is 0 Å². The lowest BCUT2D eigenvalue weighted by Crippen LogP contribution is -2.02. The zero-order valence-corrected chi connectivity index (χ0v) is 23.8. The van der Waals surface area contributed by atoms with Crippen molar-refractivity contribution in [3.8, 4) is 51.0 Å². The van der Waals surface area contributed by atoms with Crippen LogP contribution < -0.4 is 4.74 Å². The Morgan fingerprint density at radius 1 is 0.477 bits per heavy atom. The summed E-state index contributed by atoms with van der Waals surface area (Å²) in [5, 5.41) is 2.36. The molecule has 8 aromatic rings. The first-order valence-electron chi connectivity index (χ1n) is 14.7. The molecule has 0 aliphatic heterocycles. The van der Waals surface area contributed by atoms with Gasteiger partial charge in [-0.2, -0.15) is 0 Å². The maximum atomic E-state index is 6.06. The summed E-state index contributed by atoms with van der Waals surface area (Å²) in [6.07, 6.45) is 1.73. The van der Waals surface area contributed by atoms with Gasteiger partial charge in [-0.1, -0.05) is 109 Å². The average Bonchev–Trinajstić information content (AvgIpc) is 3.43. The topological polar surface area (TPSA) is 39.9 Å². The maximum absolute atomic E-state index is 6.06. The molecule has 0 fully saturated rings. The second-order valence-corrected chi connectivity index (χ2v) is 10.7. The van der Waals surface area contributed by atoms with Crippen LogP contribution in [0.4, 0.5) is 0 Å². The molecule has 0 atom stereocenters. The van der Waals surface area contributed by atoms with Gasteiger partial charge in [0.25, 0.3) is 0 Å². The second kappa shape index (κ2) is 11.0. The van der Waals surface area contributed by atoms with E-state index in [9.17, 15) is 0 Å². The van der Waals surface area contributed by atoms with Crippen LogP contribution in [0.1, 0.15) is 0 Å². The Hall–Kier alpha value is -6.00. The van der Waals surface area contributed by atoms with Crippen LogP contribution in [0.25, 0.3) is 61.1 Å². The molecular formula is C40H27N3O. The highest BCUT2D eigenvalue weighted by Gasteiger charge is 2.18. The predicted octanol–water partition coefficient (Wildman–Crippen LogP) is 10.4. The van der Waals surface area contributed by atoms with Crippen molar-refractivity contribution in [1.29, 1.82) is 0 Å². The van der Waals surface area contributed by atoms with Gasteiger partial charge >= 0.3 is 0 Å². The van der Waals surface area contributed by atoms with E-state index in [0.717, 1.165) is 56.1 Å². The first kappa shape index (κ1) is 25.7. The summed E-state index contributed by atoms with van der Waals surface area (Å²) in [7, 11) is 0. The van der Waals surface area contributed by atoms with Crippen LogP contribution in [-0.4, -0.2) is 14.5 Å². The Morgan fingerprint density at radius 3 is 2.00 bits per heavy atom. The smallest absolute Gasteiger partial charge is 0.219 e. The second-order valence-electron chi connectivity index (χ2n) is 10.7. The van der Waals surface area contributed by atoms with E-state index in [1.165, 1.54) is 10.8 Å². The normalized spacial score (nSPS) is 11.2. The molecule has 0 aliphatic rings. The average molecular weight is 566 g/mol. The molecule has 0 spiro atoms. The van der Waals surface area contributed by atoms with Crippen LogP contribution in [0.2, 0.25) is 0 Å². The zero-order chi connectivity index (χ0) is 29.3. The zero-order valence-electron chi connectivity index (χ0n) is 23.8. The number of pyridine rings is 2. The Labute approximate surface area is 255 Å². The highest BCUT2D eigenvalue weighted by Crippen LogP contribution is 2.38. The number of aromatic nitrogens is 3. The molecule has 0 amide bonds. The molecule has 4 nitrogen and oxygen atoms in total. The van der Waals surface area contributed by atoms with Crippen molar-refractivity contribution in [2.75, 3.05) is 0 Å². The third-order valence-electron chi connectivity index (χ3n) is 7.94. The van der Waals surface area contributed by atoms with Crippen LogP contribution in [-0.2, 0) is 0 Å². The van der Waals surface area contributed by atoms with Crippen molar-refractivity contribution >= 4 is 21.8 Å². The number of rotatable bonds is 6. The lowest BCUT2D eigenvalue weighted by Gasteiger charge is -2.15. The molecule has 44 heavy (non-hydrogen) atoms. The standard InChI is InChI=1S/C40H27N3O/c1-3-12-28(13-4-1)33-23-24-36(29-14-5-2-6-15-29)42-40(33)43-37-19-8-7-18-34(37)35-22-21-31(27-38(35)43)30-16-11-17-32(26-30)44-39-20-9-10-25-41-39/h1-27H. The summed E-state index contributed by atoms with van der Waals surface area (Å²) in [5.41, 5.74) is 8.57. The molecule has 5 aromatic carbocycles. The summed E-state index contributed by atoms with van der Waals surface area (Å²) in [6.45, 7) is 0. The largest absolute Gasteiger partial charge is 0.439 e. The highest BCUT2D eigenvalue weighted by molar-refractivity contribution is 6.10. The summed E-state index contributed by atoms with van der Waals surface area (Å²) >= 11 is 0. The SMILES string of the molecule is c1ccc(-c2ccc(-c3ccccc3)c(-n3c4ccccc4c4ccc(-c5cccc(Oc6ccccn6)c5)cc43)n2)cc1. The van der Waals surface area contributed by atoms with Crippen molar-refractivity contribution in [2.24, 2.45) is 0 Å². The van der Waals surface area contributed by atoms with E-state index in [1.54, 1.807) is 6.20 Å². The van der Waals surface area contributed by atoms with Gasteiger partial charge in [-0.15, -0.1) is 0 Å².